The molecule has 0 fully saturated rings. The molecule has 0 unspecified atom stereocenters. The van der Waals surface area contributed by atoms with Crippen LogP contribution in [-0.4, -0.2) is 32.0 Å². The van der Waals surface area contributed by atoms with E-state index in [9.17, 15) is 23.1 Å². The minimum Gasteiger partial charge on any atom is -0.507 e. The van der Waals surface area contributed by atoms with Gasteiger partial charge in [0.2, 0.25) is 10.0 Å². The topological polar surface area (TPSA) is 136 Å². The fourth-order valence-electron chi connectivity index (χ4n) is 1.96. The molecular weight excluding hydrogens is 348 g/mol. The molecule has 4 N–H and O–H groups in total. The smallest absolute Gasteiger partial charge is 0.342 e. The Morgan fingerprint density at radius 1 is 1.16 bits per heavy atom. The van der Waals surface area contributed by atoms with Crippen molar-refractivity contribution in [3.8, 4) is 5.75 Å². The number of para-hydroxylation sites is 1. The normalized spacial score (nSPS) is 11.0. The summed E-state index contributed by atoms with van der Waals surface area (Å²) in [5.74, 6) is -1.66. The van der Waals surface area contributed by atoms with Crippen LogP contribution >= 0.6 is 0 Å². The van der Waals surface area contributed by atoms with Crippen LogP contribution in [0.5, 0.6) is 5.75 Å². The van der Waals surface area contributed by atoms with E-state index >= 15 is 0 Å². The maximum atomic E-state index is 11.9. The molecule has 0 aromatic heterocycles. The molecule has 0 saturated carbocycles. The van der Waals surface area contributed by atoms with Gasteiger partial charge in [0.1, 0.15) is 11.3 Å². The third-order valence-electron chi connectivity index (χ3n) is 3.26. The summed E-state index contributed by atoms with van der Waals surface area (Å²) in [4.78, 5) is 23.6. The van der Waals surface area contributed by atoms with Gasteiger partial charge in [-0.2, -0.15) is 0 Å². The van der Waals surface area contributed by atoms with Gasteiger partial charge in [-0.1, -0.05) is 12.1 Å². The molecule has 9 heteroatoms. The first-order valence-corrected chi connectivity index (χ1v) is 8.61. The zero-order valence-electron chi connectivity index (χ0n) is 13.2. The summed E-state index contributed by atoms with van der Waals surface area (Å²) >= 11 is 0. The summed E-state index contributed by atoms with van der Waals surface area (Å²) in [6, 6.07) is 9.78. The molecule has 25 heavy (non-hydrogen) atoms. The average molecular weight is 364 g/mol. The maximum absolute atomic E-state index is 11.9. The fourth-order valence-corrected chi connectivity index (χ4v) is 2.47. The van der Waals surface area contributed by atoms with Crippen LogP contribution in [0.2, 0.25) is 0 Å². The van der Waals surface area contributed by atoms with E-state index in [-0.39, 0.29) is 16.2 Å². The molecule has 0 bridgehead atoms. The molecule has 1 amide bonds. The van der Waals surface area contributed by atoms with E-state index < -0.39 is 28.5 Å². The van der Waals surface area contributed by atoms with E-state index in [4.69, 9.17) is 9.88 Å². The molecule has 8 nitrogen and oxygen atoms in total. The molecule has 0 saturated heterocycles. The second-order valence-electron chi connectivity index (χ2n) is 5.16. The van der Waals surface area contributed by atoms with Gasteiger partial charge in [0.05, 0.1) is 4.90 Å². The van der Waals surface area contributed by atoms with E-state index in [0.717, 1.165) is 0 Å². The number of amides is 1. The van der Waals surface area contributed by atoms with Crippen LogP contribution in [0.15, 0.2) is 47.4 Å². The predicted octanol–water partition coefficient (Wildman–Crippen LogP) is 1.14. The van der Waals surface area contributed by atoms with E-state index in [1.165, 1.54) is 30.3 Å². The first-order chi connectivity index (χ1) is 11.7. The van der Waals surface area contributed by atoms with Gasteiger partial charge in [-0.05, 0) is 42.8 Å². The highest BCUT2D eigenvalue weighted by atomic mass is 32.2. The number of nitrogens with one attached hydrogen (secondary N) is 1. The van der Waals surface area contributed by atoms with Crippen molar-refractivity contribution in [3.05, 3.63) is 53.6 Å². The molecule has 0 radical (unpaired) electrons. The number of carbonyl (C=O) groups excluding carboxylic acids is 2. The lowest BCUT2D eigenvalue weighted by Crippen LogP contribution is -2.21. The van der Waals surface area contributed by atoms with Crippen molar-refractivity contribution in [1.82, 2.24) is 0 Å². The van der Waals surface area contributed by atoms with Crippen molar-refractivity contribution in [3.63, 3.8) is 0 Å². The Balaban J connectivity index is 1.94. The minimum absolute atomic E-state index is 0.0368. The zero-order chi connectivity index (χ0) is 18.6. The molecule has 132 valence electrons. The highest BCUT2D eigenvalue weighted by Gasteiger charge is 2.15. The second kappa shape index (κ2) is 7.32. The predicted molar refractivity (Wildman–Crippen MR) is 89.6 cm³/mol. The van der Waals surface area contributed by atoms with Crippen LogP contribution in [0.4, 0.5) is 5.69 Å². The largest absolute Gasteiger partial charge is 0.507 e. The number of esters is 1. The zero-order valence-corrected chi connectivity index (χ0v) is 14.0. The Bertz CT molecular complexity index is 907. The molecule has 0 spiro atoms. The second-order valence-corrected chi connectivity index (χ2v) is 6.73. The molecule has 0 aliphatic rings. The number of phenols is 1. The molecule has 0 atom stereocenters. The SMILES string of the molecule is Cc1cccc(C(=O)OCC(=O)Nc2ccc(S(N)(=O)=O)cc2)c1O. The number of nitrogens with two attached hydrogens (primary N) is 1. The Morgan fingerprint density at radius 3 is 2.40 bits per heavy atom. The first-order valence-electron chi connectivity index (χ1n) is 7.07. The summed E-state index contributed by atoms with van der Waals surface area (Å²) in [6.45, 7) is 1.06. The van der Waals surface area contributed by atoms with Crippen LogP contribution in [0.3, 0.4) is 0 Å². The maximum Gasteiger partial charge on any atom is 0.342 e. The number of hydrogen-bond donors (Lipinski definition) is 3. The third-order valence-corrected chi connectivity index (χ3v) is 4.19. The Kier molecular flexibility index (Phi) is 5.40. The fraction of sp³-hybridized carbons (Fsp3) is 0.125. The number of benzene rings is 2. The summed E-state index contributed by atoms with van der Waals surface area (Å²) in [7, 11) is -3.81. The molecule has 0 heterocycles. The van der Waals surface area contributed by atoms with Gasteiger partial charge in [0.25, 0.3) is 5.91 Å². The average Bonchev–Trinajstić information content (AvgIpc) is 2.55. The molecular formula is C16H16N2O6S. The van der Waals surface area contributed by atoms with Gasteiger partial charge < -0.3 is 15.2 Å². The van der Waals surface area contributed by atoms with Gasteiger partial charge >= 0.3 is 5.97 Å². The highest BCUT2D eigenvalue weighted by Crippen LogP contribution is 2.22. The van der Waals surface area contributed by atoms with Gasteiger partial charge in [-0.3, -0.25) is 4.79 Å². The van der Waals surface area contributed by atoms with Crippen molar-refractivity contribution in [1.29, 1.82) is 0 Å². The van der Waals surface area contributed by atoms with Crippen molar-refractivity contribution >= 4 is 27.6 Å². The van der Waals surface area contributed by atoms with E-state index in [2.05, 4.69) is 5.32 Å². The van der Waals surface area contributed by atoms with Gasteiger partial charge in [-0.25, -0.2) is 18.4 Å². The van der Waals surface area contributed by atoms with Crippen molar-refractivity contribution < 1.29 is 27.9 Å². The Hall–Kier alpha value is -2.91. The van der Waals surface area contributed by atoms with Gasteiger partial charge in [0, 0.05) is 5.69 Å². The van der Waals surface area contributed by atoms with E-state index in [1.807, 2.05) is 0 Å². The number of ether oxygens (including phenoxy) is 1. The number of carbonyl (C=O) groups is 2. The van der Waals surface area contributed by atoms with Crippen molar-refractivity contribution in [2.75, 3.05) is 11.9 Å². The van der Waals surface area contributed by atoms with Crippen LogP contribution < -0.4 is 10.5 Å². The summed E-state index contributed by atoms with van der Waals surface area (Å²) in [6.07, 6.45) is 0. The standard InChI is InChI=1S/C16H16N2O6S/c1-10-3-2-4-13(15(10)20)16(21)24-9-14(19)18-11-5-7-12(8-6-11)25(17,22)23/h2-8,20H,9H2,1H3,(H,18,19)(H2,17,22,23). The lowest BCUT2D eigenvalue weighted by molar-refractivity contribution is -0.119. The molecule has 2 aromatic carbocycles. The lowest BCUT2D eigenvalue weighted by Gasteiger charge is -2.09. The number of sulfonamides is 1. The van der Waals surface area contributed by atoms with Gasteiger partial charge in [-0.15, -0.1) is 0 Å². The number of primary sulfonamides is 1. The highest BCUT2D eigenvalue weighted by molar-refractivity contribution is 7.89. The summed E-state index contributed by atoms with van der Waals surface area (Å²) in [5.41, 5.74) is 0.783. The quantitative estimate of drug-likeness (QED) is 0.681. The number of aryl methyl sites for hydroxylation is 1. The molecule has 2 rings (SSSR count). The third kappa shape index (κ3) is 4.78. The van der Waals surface area contributed by atoms with E-state index in [0.29, 0.717) is 11.3 Å². The minimum atomic E-state index is -3.81. The Labute approximate surface area is 144 Å². The summed E-state index contributed by atoms with van der Waals surface area (Å²) in [5, 5.41) is 17.2. The van der Waals surface area contributed by atoms with Crippen molar-refractivity contribution in [2.45, 2.75) is 11.8 Å². The number of aromatic hydroxyl groups is 1. The Morgan fingerprint density at radius 2 is 1.80 bits per heavy atom. The van der Waals surface area contributed by atoms with Crippen molar-refractivity contribution in [2.24, 2.45) is 5.14 Å². The van der Waals surface area contributed by atoms with Crippen LogP contribution in [0.1, 0.15) is 15.9 Å². The molecule has 0 aliphatic carbocycles. The molecule has 0 aliphatic heterocycles. The van der Waals surface area contributed by atoms with Crippen LogP contribution in [-0.2, 0) is 19.6 Å². The summed E-state index contributed by atoms with van der Waals surface area (Å²) < 4.78 is 27.1. The van der Waals surface area contributed by atoms with Gasteiger partial charge in [0.15, 0.2) is 6.61 Å². The number of phenolic OH excluding ortho intramolecular Hbond substituents is 1. The number of anilines is 1. The number of hydrogen-bond acceptors (Lipinski definition) is 6. The van der Waals surface area contributed by atoms with Crippen LogP contribution in [0.25, 0.3) is 0 Å². The molecule has 2 aromatic rings. The van der Waals surface area contributed by atoms with Crippen LogP contribution in [0, 0.1) is 6.92 Å². The van der Waals surface area contributed by atoms with E-state index in [1.54, 1.807) is 19.1 Å². The lowest BCUT2D eigenvalue weighted by atomic mass is 10.1. The first kappa shape index (κ1) is 18.4. The number of rotatable bonds is 5. The monoisotopic (exact) mass is 364 g/mol.